The molecule has 0 amide bonds. The molecule has 0 saturated carbocycles. The zero-order chi connectivity index (χ0) is 13.0. The van der Waals surface area contributed by atoms with Crippen molar-refractivity contribution >= 4 is 0 Å². The quantitative estimate of drug-likeness (QED) is 0.868. The van der Waals surface area contributed by atoms with Crippen molar-refractivity contribution in [2.75, 3.05) is 26.8 Å². The summed E-state index contributed by atoms with van der Waals surface area (Å²) >= 11 is 0. The number of nitrogens with two attached hydrogens (primary N) is 1. The number of furan rings is 1. The number of ether oxygens (including phenoxy) is 1. The highest BCUT2D eigenvalue weighted by Gasteiger charge is 2.26. The third kappa shape index (κ3) is 3.34. The molecule has 4 heteroatoms. The number of aryl methyl sites for hydroxylation is 1. The van der Waals surface area contributed by atoms with Crippen molar-refractivity contribution < 1.29 is 9.15 Å². The van der Waals surface area contributed by atoms with Gasteiger partial charge in [0.05, 0.1) is 6.54 Å². The lowest BCUT2D eigenvalue weighted by molar-refractivity contribution is 0.0308. The van der Waals surface area contributed by atoms with Crippen LogP contribution in [-0.2, 0) is 11.3 Å². The molecular formula is C14H24N2O2. The molecule has 102 valence electrons. The third-order valence-electron chi connectivity index (χ3n) is 3.82. The lowest BCUT2D eigenvalue weighted by Crippen LogP contribution is -2.44. The predicted octanol–water partition coefficient (Wildman–Crippen LogP) is 1.77. The van der Waals surface area contributed by atoms with Gasteiger partial charge in [-0.15, -0.1) is 0 Å². The van der Waals surface area contributed by atoms with Gasteiger partial charge in [-0.05, 0) is 44.9 Å². The van der Waals surface area contributed by atoms with Crippen LogP contribution in [0.1, 0.15) is 24.4 Å². The van der Waals surface area contributed by atoms with Crippen LogP contribution in [0, 0.1) is 12.8 Å². The van der Waals surface area contributed by atoms with Crippen LogP contribution in [0.4, 0.5) is 0 Å². The van der Waals surface area contributed by atoms with Crippen molar-refractivity contribution in [3.8, 4) is 0 Å². The Morgan fingerprint density at radius 2 is 2.11 bits per heavy atom. The van der Waals surface area contributed by atoms with E-state index in [1.54, 1.807) is 0 Å². The third-order valence-corrected chi connectivity index (χ3v) is 3.82. The van der Waals surface area contributed by atoms with E-state index in [2.05, 4.69) is 11.9 Å². The van der Waals surface area contributed by atoms with Gasteiger partial charge in [0.25, 0.3) is 0 Å². The molecule has 1 unspecified atom stereocenters. The Bertz CT molecular complexity index is 358. The average molecular weight is 252 g/mol. The molecule has 2 rings (SSSR count). The van der Waals surface area contributed by atoms with Gasteiger partial charge < -0.3 is 14.9 Å². The Balaban J connectivity index is 1.93. The van der Waals surface area contributed by atoms with Crippen molar-refractivity contribution in [2.24, 2.45) is 11.7 Å². The van der Waals surface area contributed by atoms with E-state index in [9.17, 15) is 0 Å². The van der Waals surface area contributed by atoms with Crippen molar-refractivity contribution in [1.29, 1.82) is 0 Å². The maximum absolute atomic E-state index is 5.95. The summed E-state index contributed by atoms with van der Waals surface area (Å²) in [5.41, 5.74) is 5.95. The van der Waals surface area contributed by atoms with Crippen molar-refractivity contribution in [2.45, 2.75) is 32.4 Å². The first-order chi connectivity index (χ1) is 8.70. The van der Waals surface area contributed by atoms with E-state index < -0.39 is 0 Å². The summed E-state index contributed by atoms with van der Waals surface area (Å²) in [4.78, 5) is 2.31. The van der Waals surface area contributed by atoms with Gasteiger partial charge in [0.1, 0.15) is 11.5 Å². The second-order valence-electron chi connectivity index (χ2n) is 5.18. The monoisotopic (exact) mass is 252 g/mol. The topological polar surface area (TPSA) is 51.6 Å². The maximum atomic E-state index is 5.95. The van der Waals surface area contributed by atoms with Gasteiger partial charge in [0.2, 0.25) is 0 Å². The standard InChI is InChI=1S/C14H24N2O2/c1-11-3-4-13(18-11)10-16(2)14(9-15)12-5-7-17-8-6-12/h3-4,12,14H,5-10,15H2,1-2H3. The minimum absolute atomic E-state index is 0.416. The zero-order valence-corrected chi connectivity index (χ0v) is 11.4. The van der Waals surface area contributed by atoms with Gasteiger partial charge in [-0.1, -0.05) is 0 Å². The second-order valence-corrected chi connectivity index (χ2v) is 5.18. The summed E-state index contributed by atoms with van der Waals surface area (Å²) < 4.78 is 11.0. The molecule has 18 heavy (non-hydrogen) atoms. The minimum Gasteiger partial charge on any atom is -0.465 e. The normalized spacial score (nSPS) is 19.3. The van der Waals surface area contributed by atoms with E-state index in [0.29, 0.717) is 18.5 Å². The van der Waals surface area contributed by atoms with Gasteiger partial charge >= 0.3 is 0 Å². The molecule has 1 saturated heterocycles. The summed E-state index contributed by atoms with van der Waals surface area (Å²) in [7, 11) is 2.13. The number of nitrogens with zero attached hydrogens (tertiary/aromatic N) is 1. The Kier molecular flexibility index (Phi) is 4.80. The first kappa shape index (κ1) is 13.6. The number of likely N-dealkylation sites (N-methyl/N-ethyl adjacent to an activating group) is 1. The van der Waals surface area contributed by atoms with Gasteiger partial charge in [0, 0.05) is 25.8 Å². The van der Waals surface area contributed by atoms with Crippen LogP contribution in [0.15, 0.2) is 16.5 Å². The molecule has 0 bridgehead atoms. The van der Waals surface area contributed by atoms with Crippen LogP contribution in [0.25, 0.3) is 0 Å². The Morgan fingerprint density at radius 3 is 2.67 bits per heavy atom. The first-order valence-corrected chi connectivity index (χ1v) is 6.74. The zero-order valence-electron chi connectivity index (χ0n) is 11.4. The molecule has 1 atom stereocenters. The fourth-order valence-corrected chi connectivity index (χ4v) is 2.77. The molecule has 1 aromatic rings. The number of rotatable bonds is 5. The highest BCUT2D eigenvalue weighted by atomic mass is 16.5. The summed E-state index contributed by atoms with van der Waals surface area (Å²) in [5.74, 6) is 2.62. The fraction of sp³-hybridized carbons (Fsp3) is 0.714. The minimum atomic E-state index is 0.416. The Hall–Kier alpha value is -0.840. The van der Waals surface area contributed by atoms with E-state index in [1.807, 2.05) is 19.1 Å². The molecule has 4 nitrogen and oxygen atoms in total. The van der Waals surface area contributed by atoms with Crippen molar-refractivity contribution in [3.05, 3.63) is 23.7 Å². The molecule has 1 fully saturated rings. The second kappa shape index (κ2) is 6.36. The molecule has 0 radical (unpaired) electrons. The number of hydrogen-bond acceptors (Lipinski definition) is 4. The van der Waals surface area contributed by atoms with Crippen LogP contribution in [-0.4, -0.2) is 37.7 Å². The van der Waals surface area contributed by atoms with Crippen LogP contribution in [0.3, 0.4) is 0 Å². The fourth-order valence-electron chi connectivity index (χ4n) is 2.77. The Labute approximate surface area is 109 Å². The molecule has 0 aromatic carbocycles. The summed E-state index contributed by atoms with van der Waals surface area (Å²) in [6.45, 7) is 5.24. The largest absolute Gasteiger partial charge is 0.465 e. The highest BCUT2D eigenvalue weighted by molar-refractivity contribution is 5.05. The van der Waals surface area contributed by atoms with Crippen LogP contribution >= 0.6 is 0 Å². The van der Waals surface area contributed by atoms with Gasteiger partial charge in [0.15, 0.2) is 0 Å². The van der Waals surface area contributed by atoms with Crippen LogP contribution < -0.4 is 5.73 Å². The lowest BCUT2D eigenvalue weighted by atomic mass is 9.91. The molecule has 1 aliphatic rings. The van der Waals surface area contributed by atoms with Crippen molar-refractivity contribution in [3.63, 3.8) is 0 Å². The van der Waals surface area contributed by atoms with E-state index in [0.717, 1.165) is 44.1 Å². The molecule has 1 aliphatic heterocycles. The van der Waals surface area contributed by atoms with Crippen LogP contribution in [0.5, 0.6) is 0 Å². The smallest absolute Gasteiger partial charge is 0.118 e. The summed E-state index contributed by atoms with van der Waals surface area (Å²) in [6.07, 6.45) is 2.23. The predicted molar refractivity (Wildman–Crippen MR) is 71.3 cm³/mol. The van der Waals surface area contributed by atoms with Gasteiger partial charge in [-0.2, -0.15) is 0 Å². The summed E-state index contributed by atoms with van der Waals surface area (Å²) in [5, 5.41) is 0. The lowest BCUT2D eigenvalue weighted by Gasteiger charge is -2.35. The molecule has 1 aromatic heterocycles. The Morgan fingerprint density at radius 1 is 1.39 bits per heavy atom. The average Bonchev–Trinajstić information content (AvgIpc) is 2.77. The molecule has 0 spiro atoms. The van der Waals surface area contributed by atoms with Gasteiger partial charge in [-0.25, -0.2) is 0 Å². The first-order valence-electron chi connectivity index (χ1n) is 6.74. The van der Waals surface area contributed by atoms with E-state index in [-0.39, 0.29) is 0 Å². The molecule has 0 aliphatic carbocycles. The molecule has 2 heterocycles. The maximum Gasteiger partial charge on any atom is 0.118 e. The summed E-state index contributed by atoms with van der Waals surface area (Å²) in [6, 6.07) is 4.47. The molecular weight excluding hydrogens is 228 g/mol. The highest BCUT2D eigenvalue weighted by Crippen LogP contribution is 2.23. The molecule has 2 N–H and O–H groups in total. The van der Waals surface area contributed by atoms with E-state index in [1.165, 1.54) is 0 Å². The van der Waals surface area contributed by atoms with Crippen LogP contribution in [0.2, 0.25) is 0 Å². The number of hydrogen-bond donors (Lipinski definition) is 1. The van der Waals surface area contributed by atoms with Crippen molar-refractivity contribution in [1.82, 2.24) is 4.90 Å². The van der Waals surface area contributed by atoms with E-state index >= 15 is 0 Å². The van der Waals surface area contributed by atoms with Gasteiger partial charge in [-0.3, -0.25) is 4.90 Å². The SMILES string of the molecule is Cc1ccc(CN(C)C(CN)C2CCOCC2)o1. The van der Waals surface area contributed by atoms with E-state index in [4.69, 9.17) is 14.9 Å².